The van der Waals surface area contributed by atoms with E-state index in [1.54, 1.807) is 0 Å². The van der Waals surface area contributed by atoms with Crippen LogP contribution in [-0.4, -0.2) is 21.2 Å². The molecule has 0 saturated heterocycles. The van der Waals surface area contributed by atoms with Gasteiger partial charge in [-0.2, -0.15) is 0 Å². The van der Waals surface area contributed by atoms with E-state index in [0.29, 0.717) is 29.0 Å². The minimum absolute atomic E-state index is 0.0624. The highest BCUT2D eigenvalue weighted by atomic mass is 32.2. The van der Waals surface area contributed by atoms with Gasteiger partial charge in [0.2, 0.25) is 5.89 Å². The summed E-state index contributed by atoms with van der Waals surface area (Å²) < 4.78 is 5.74. The molecule has 0 bridgehead atoms. The fourth-order valence-electron chi connectivity index (χ4n) is 2.69. The van der Waals surface area contributed by atoms with E-state index in [4.69, 9.17) is 4.42 Å². The molecule has 0 aliphatic rings. The van der Waals surface area contributed by atoms with E-state index in [9.17, 15) is 4.79 Å². The lowest BCUT2D eigenvalue weighted by atomic mass is 9.98. The highest BCUT2D eigenvalue weighted by Gasteiger charge is 2.20. The molecule has 0 aliphatic heterocycles. The maximum Gasteiger partial charge on any atom is 0.277 e. The fraction of sp³-hybridized carbons (Fsp3) is 0.286. The summed E-state index contributed by atoms with van der Waals surface area (Å²) in [5, 5.41) is 8.37. The Balaban J connectivity index is 1.61. The molecule has 2 aromatic carbocycles. The van der Waals surface area contributed by atoms with Crippen molar-refractivity contribution >= 4 is 17.5 Å². The first kappa shape index (κ1) is 18.4. The maximum atomic E-state index is 12.5. The third-order valence-electron chi connectivity index (χ3n) is 4.28. The number of thioether (sulfide) groups is 1. The van der Waals surface area contributed by atoms with Crippen molar-refractivity contribution in [1.29, 1.82) is 0 Å². The number of hydrogen-bond acceptors (Lipinski definition) is 5. The average molecular weight is 366 g/mol. The van der Waals surface area contributed by atoms with Gasteiger partial charge in [0.05, 0.1) is 5.25 Å². The lowest BCUT2D eigenvalue weighted by Gasteiger charge is -2.09. The predicted octanol–water partition coefficient (Wildman–Crippen LogP) is 5.09. The van der Waals surface area contributed by atoms with Gasteiger partial charge in [-0.05, 0) is 25.3 Å². The van der Waals surface area contributed by atoms with Crippen molar-refractivity contribution in [3.63, 3.8) is 0 Å². The van der Waals surface area contributed by atoms with Gasteiger partial charge in [-0.15, -0.1) is 10.2 Å². The lowest BCUT2D eigenvalue weighted by molar-refractivity contribution is 0.0993. The molecule has 0 aliphatic carbocycles. The second-order valence-electron chi connectivity index (χ2n) is 6.47. The molecule has 0 amide bonds. The van der Waals surface area contributed by atoms with Crippen molar-refractivity contribution < 1.29 is 9.21 Å². The Hall–Kier alpha value is -2.40. The predicted molar refractivity (Wildman–Crippen MR) is 104 cm³/mol. The molecule has 0 radical (unpaired) electrons. The van der Waals surface area contributed by atoms with Crippen molar-refractivity contribution in [2.45, 2.75) is 43.6 Å². The number of carbonyl (C=O) groups is 1. The summed E-state index contributed by atoms with van der Waals surface area (Å²) in [5.41, 5.74) is 3.08. The monoisotopic (exact) mass is 366 g/mol. The van der Waals surface area contributed by atoms with E-state index in [0.717, 1.165) is 5.56 Å². The smallest absolute Gasteiger partial charge is 0.277 e. The van der Waals surface area contributed by atoms with Crippen LogP contribution in [0.25, 0.3) is 0 Å². The van der Waals surface area contributed by atoms with Crippen LogP contribution in [0, 0.1) is 6.92 Å². The minimum atomic E-state index is -0.280. The van der Waals surface area contributed by atoms with Gasteiger partial charge < -0.3 is 4.42 Å². The van der Waals surface area contributed by atoms with Crippen LogP contribution in [0.5, 0.6) is 0 Å². The summed E-state index contributed by atoms with van der Waals surface area (Å²) in [6.45, 7) is 6.00. The number of hydrogen-bond donors (Lipinski definition) is 0. The van der Waals surface area contributed by atoms with Crippen LogP contribution >= 0.6 is 11.8 Å². The standard InChI is InChI=1S/C21H22N2O2S/c1-14-9-11-18(12-10-14)20(24)16(3)26-21-23-22-19(25-21)13-15(2)17-7-5-4-6-8-17/h4-12,15-16H,13H2,1-3H3. The molecular formula is C21H22N2O2S. The summed E-state index contributed by atoms with van der Waals surface area (Å²) in [7, 11) is 0. The van der Waals surface area contributed by atoms with Gasteiger partial charge in [0.25, 0.3) is 5.22 Å². The zero-order valence-electron chi connectivity index (χ0n) is 15.2. The summed E-state index contributed by atoms with van der Waals surface area (Å²) in [5.74, 6) is 0.951. The first-order valence-electron chi connectivity index (χ1n) is 8.68. The number of carbonyl (C=O) groups excluding carboxylic acids is 1. The van der Waals surface area contributed by atoms with Gasteiger partial charge in [-0.1, -0.05) is 78.8 Å². The molecule has 0 saturated carbocycles. The van der Waals surface area contributed by atoms with Crippen molar-refractivity contribution in [2.24, 2.45) is 0 Å². The van der Waals surface area contributed by atoms with Gasteiger partial charge in [0, 0.05) is 12.0 Å². The second kappa shape index (κ2) is 8.32. The highest BCUT2D eigenvalue weighted by molar-refractivity contribution is 8.00. The van der Waals surface area contributed by atoms with Crippen molar-refractivity contribution in [1.82, 2.24) is 10.2 Å². The van der Waals surface area contributed by atoms with Crippen molar-refractivity contribution in [3.8, 4) is 0 Å². The number of ketones is 1. The molecule has 0 N–H and O–H groups in total. The number of aromatic nitrogens is 2. The van der Waals surface area contributed by atoms with E-state index < -0.39 is 0 Å². The Morgan fingerprint density at radius 3 is 2.42 bits per heavy atom. The molecule has 3 rings (SSSR count). The molecular weight excluding hydrogens is 344 g/mol. The Kier molecular flexibility index (Phi) is 5.89. The third-order valence-corrected chi connectivity index (χ3v) is 5.21. The first-order chi connectivity index (χ1) is 12.5. The average Bonchev–Trinajstić information content (AvgIpc) is 3.09. The van der Waals surface area contributed by atoms with Crippen LogP contribution in [0.4, 0.5) is 0 Å². The SMILES string of the molecule is Cc1ccc(C(=O)C(C)Sc2nnc(CC(C)c3ccccc3)o2)cc1. The zero-order chi connectivity index (χ0) is 18.5. The topological polar surface area (TPSA) is 56.0 Å². The van der Waals surface area contributed by atoms with E-state index in [1.165, 1.54) is 17.3 Å². The molecule has 4 nitrogen and oxygen atoms in total. The van der Waals surface area contributed by atoms with Gasteiger partial charge in [-0.25, -0.2) is 0 Å². The largest absolute Gasteiger partial charge is 0.416 e. The van der Waals surface area contributed by atoms with Crippen LogP contribution < -0.4 is 0 Å². The summed E-state index contributed by atoms with van der Waals surface area (Å²) in [6.07, 6.45) is 0.678. The van der Waals surface area contributed by atoms with E-state index >= 15 is 0 Å². The summed E-state index contributed by atoms with van der Waals surface area (Å²) in [4.78, 5) is 12.5. The Bertz CT molecular complexity index is 859. The fourth-order valence-corrected chi connectivity index (χ4v) is 3.46. The number of aryl methyl sites for hydroxylation is 1. The minimum Gasteiger partial charge on any atom is -0.416 e. The molecule has 0 spiro atoms. The number of Topliss-reactive ketones (excluding diaryl/α,β-unsaturated/α-hetero) is 1. The van der Waals surface area contributed by atoms with Crippen molar-refractivity contribution in [2.75, 3.05) is 0 Å². The second-order valence-corrected chi connectivity index (χ2v) is 7.76. The molecule has 134 valence electrons. The number of rotatable bonds is 7. The summed E-state index contributed by atoms with van der Waals surface area (Å²) >= 11 is 1.30. The molecule has 5 heteroatoms. The van der Waals surface area contributed by atoms with Crippen LogP contribution in [0.15, 0.2) is 64.2 Å². The molecule has 0 fully saturated rings. The zero-order valence-corrected chi connectivity index (χ0v) is 16.0. The van der Waals surface area contributed by atoms with E-state index in [-0.39, 0.29) is 11.0 Å². The highest BCUT2D eigenvalue weighted by Crippen LogP contribution is 2.26. The van der Waals surface area contributed by atoms with Gasteiger partial charge >= 0.3 is 0 Å². The van der Waals surface area contributed by atoms with Gasteiger partial charge in [-0.3, -0.25) is 4.79 Å². The van der Waals surface area contributed by atoms with Gasteiger partial charge in [0.1, 0.15) is 0 Å². The molecule has 2 unspecified atom stereocenters. The number of nitrogens with zero attached hydrogens (tertiary/aromatic N) is 2. The quantitative estimate of drug-likeness (QED) is 0.431. The van der Waals surface area contributed by atoms with E-state index in [2.05, 4.69) is 29.3 Å². The van der Waals surface area contributed by atoms with E-state index in [1.807, 2.05) is 56.3 Å². The molecule has 1 aromatic heterocycles. The Morgan fingerprint density at radius 1 is 1.04 bits per heavy atom. The number of benzene rings is 2. The van der Waals surface area contributed by atoms with Crippen molar-refractivity contribution in [3.05, 3.63) is 77.2 Å². The van der Waals surface area contributed by atoms with Crippen LogP contribution in [0.2, 0.25) is 0 Å². The van der Waals surface area contributed by atoms with Crippen LogP contribution in [0.1, 0.15) is 47.1 Å². The van der Waals surface area contributed by atoms with Gasteiger partial charge in [0.15, 0.2) is 5.78 Å². The lowest BCUT2D eigenvalue weighted by Crippen LogP contribution is -2.13. The summed E-state index contributed by atoms with van der Waals surface area (Å²) in [6, 6.07) is 17.9. The van der Waals surface area contributed by atoms with Crippen LogP contribution in [0.3, 0.4) is 0 Å². The normalized spacial score (nSPS) is 13.3. The molecule has 3 aromatic rings. The molecule has 2 atom stereocenters. The molecule has 26 heavy (non-hydrogen) atoms. The maximum absolute atomic E-state index is 12.5. The Morgan fingerprint density at radius 2 is 1.73 bits per heavy atom. The van der Waals surface area contributed by atoms with Crippen LogP contribution in [-0.2, 0) is 6.42 Å². The molecule has 1 heterocycles. The third kappa shape index (κ3) is 4.61. The first-order valence-corrected chi connectivity index (χ1v) is 9.55. The Labute approximate surface area is 158 Å².